The normalized spacial score (nSPS) is 13.1. The summed E-state index contributed by atoms with van der Waals surface area (Å²) in [4.78, 5) is -0.173. The number of alkyl halides is 2. The minimum Gasteiger partial charge on any atom is -0.252 e. The van der Waals surface area contributed by atoms with Gasteiger partial charge in [-0.3, -0.25) is 4.68 Å². The quantitative estimate of drug-likeness (QED) is 0.716. The molecule has 2 aromatic heterocycles. The molecular formula is C13H12ClF2N5O2S2. The van der Waals surface area contributed by atoms with Gasteiger partial charge in [-0.2, -0.15) is 5.10 Å². The fourth-order valence-electron chi connectivity index (χ4n) is 2.33. The van der Waals surface area contributed by atoms with Crippen LogP contribution in [0.3, 0.4) is 0 Å². The second-order valence-electron chi connectivity index (χ2n) is 5.74. The summed E-state index contributed by atoms with van der Waals surface area (Å²) in [5.41, 5.74) is -0.581. The zero-order valence-electron chi connectivity index (χ0n) is 12.9. The Morgan fingerprint density at radius 2 is 2.00 bits per heavy atom. The molecule has 0 bridgehead atoms. The minimum atomic E-state index is -3.98. The van der Waals surface area contributed by atoms with Crippen molar-refractivity contribution in [2.24, 2.45) is 5.14 Å². The first-order valence-corrected chi connectivity index (χ1v) is 9.58. The zero-order chi connectivity index (χ0) is 18.6. The van der Waals surface area contributed by atoms with Gasteiger partial charge in [0.1, 0.15) is 10.5 Å². The Labute approximate surface area is 150 Å². The van der Waals surface area contributed by atoms with Gasteiger partial charge in [-0.25, -0.2) is 22.3 Å². The summed E-state index contributed by atoms with van der Waals surface area (Å²) >= 11 is 6.89. The van der Waals surface area contributed by atoms with Gasteiger partial charge in [-0.15, -0.1) is 10.2 Å². The Kier molecular flexibility index (Phi) is 4.30. The van der Waals surface area contributed by atoms with Crippen LogP contribution in [-0.4, -0.2) is 28.4 Å². The lowest BCUT2D eigenvalue weighted by molar-refractivity contribution is 0.150. The van der Waals surface area contributed by atoms with Crippen molar-refractivity contribution in [2.45, 2.75) is 30.7 Å². The van der Waals surface area contributed by atoms with Crippen LogP contribution in [0.1, 0.15) is 30.3 Å². The van der Waals surface area contributed by atoms with E-state index in [1.165, 1.54) is 23.0 Å². The maximum atomic E-state index is 12.8. The van der Waals surface area contributed by atoms with Crippen molar-refractivity contribution >= 4 is 43.9 Å². The van der Waals surface area contributed by atoms with Gasteiger partial charge >= 0.3 is 0 Å². The van der Waals surface area contributed by atoms with Gasteiger partial charge in [0.2, 0.25) is 10.0 Å². The lowest BCUT2D eigenvalue weighted by atomic mass is 10.1. The zero-order valence-corrected chi connectivity index (χ0v) is 15.3. The average Bonchev–Trinajstić information content (AvgIpc) is 3.14. The molecule has 25 heavy (non-hydrogen) atoms. The molecule has 2 N–H and O–H groups in total. The fourth-order valence-corrected chi connectivity index (χ4v) is 4.00. The lowest BCUT2D eigenvalue weighted by Crippen LogP contribution is -2.28. The van der Waals surface area contributed by atoms with Crippen LogP contribution >= 0.6 is 22.9 Å². The fraction of sp³-hybridized carbons (Fsp3) is 0.308. The van der Waals surface area contributed by atoms with Crippen LogP contribution < -0.4 is 5.14 Å². The minimum absolute atomic E-state index is 0.161. The van der Waals surface area contributed by atoms with Gasteiger partial charge in [0.25, 0.3) is 6.43 Å². The third kappa shape index (κ3) is 3.12. The molecule has 3 rings (SSSR count). The molecule has 0 saturated carbocycles. The number of nitrogens with zero attached hydrogens (tertiary/aromatic N) is 4. The Morgan fingerprint density at radius 3 is 2.56 bits per heavy atom. The molecule has 0 radical (unpaired) electrons. The van der Waals surface area contributed by atoms with Gasteiger partial charge in [-0.1, -0.05) is 22.9 Å². The highest BCUT2D eigenvalue weighted by molar-refractivity contribution is 7.89. The molecule has 0 unspecified atom stereocenters. The highest BCUT2D eigenvalue weighted by atomic mass is 35.5. The van der Waals surface area contributed by atoms with E-state index in [0.717, 1.165) is 11.3 Å². The summed E-state index contributed by atoms with van der Waals surface area (Å²) in [6.45, 7) is 3.40. The van der Waals surface area contributed by atoms with E-state index in [-0.39, 0.29) is 9.92 Å². The van der Waals surface area contributed by atoms with E-state index < -0.39 is 27.0 Å². The highest BCUT2D eigenvalue weighted by Crippen LogP contribution is 2.35. The molecular weight excluding hydrogens is 396 g/mol. The average molecular weight is 408 g/mol. The van der Waals surface area contributed by atoms with E-state index in [1.54, 1.807) is 13.8 Å². The molecule has 0 spiro atoms. The molecule has 0 fully saturated rings. The number of sulfonamides is 1. The molecule has 0 aliphatic carbocycles. The molecule has 0 aliphatic heterocycles. The van der Waals surface area contributed by atoms with Crippen LogP contribution in [0.4, 0.5) is 8.78 Å². The maximum absolute atomic E-state index is 12.8. The predicted molar refractivity (Wildman–Crippen MR) is 89.4 cm³/mol. The maximum Gasteiger partial charge on any atom is 0.291 e. The number of halogens is 3. The van der Waals surface area contributed by atoms with Crippen LogP contribution in [0.2, 0.25) is 5.02 Å². The molecule has 7 nitrogen and oxygen atoms in total. The number of hydrogen-bond donors (Lipinski definition) is 1. The van der Waals surface area contributed by atoms with Crippen LogP contribution in [0, 0.1) is 0 Å². The highest BCUT2D eigenvalue weighted by Gasteiger charge is 2.32. The van der Waals surface area contributed by atoms with Crippen molar-refractivity contribution in [1.29, 1.82) is 0 Å². The number of rotatable bonds is 4. The largest absolute Gasteiger partial charge is 0.291 e. The van der Waals surface area contributed by atoms with Crippen molar-refractivity contribution in [2.75, 3.05) is 0 Å². The van der Waals surface area contributed by atoms with Gasteiger partial charge < -0.3 is 0 Å². The van der Waals surface area contributed by atoms with Crippen LogP contribution in [0.25, 0.3) is 10.9 Å². The molecule has 12 heteroatoms. The number of fused-ring (bicyclic) bond motifs is 1. The topological polar surface area (TPSA) is 104 Å². The molecule has 134 valence electrons. The Bertz CT molecular complexity index is 1060. The van der Waals surface area contributed by atoms with Crippen molar-refractivity contribution < 1.29 is 17.2 Å². The number of hydrogen-bond acceptors (Lipinski definition) is 6. The third-order valence-corrected chi connectivity index (χ3v) is 6.07. The second-order valence-corrected chi connectivity index (χ2v) is 8.72. The molecule has 0 aliphatic rings. The monoisotopic (exact) mass is 407 g/mol. The number of benzene rings is 1. The van der Waals surface area contributed by atoms with Crippen LogP contribution in [-0.2, 0) is 15.6 Å². The van der Waals surface area contributed by atoms with Crippen molar-refractivity contribution in [1.82, 2.24) is 20.0 Å². The van der Waals surface area contributed by atoms with E-state index >= 15 is 0 Å². The molecule has 0 amide bonds. The predicted octanol–water partition coefficient (Wildman–Crippen LogP) is 2.91. The van der Waals surface area contributed by atoms with Crippen LogP contribution in [0.5, 0.6) is 0 Å². The van der Waals surface area contributed by atoms with Crippen molar-refractivity contribution in [3.8, 4) is 0 Å². The van der Waals surface area contributed by atoms with Gasteiger partial charge in [0, 0.05) is 5.39 Å². The smallest absolute Gasteiger partial charge is 0.252 e. The van der Waals surface area contributed by atoms with Gasteiger partial charge in [0.05, 0.1) is 21.6 Å². The number of primary sulfonamides is 1. The van der Waals surface area contributed by atoms with Crippen molar-refractivity contribution in [3.63, 3.8) is 0 Å². The molecule has 3 aromatic rings. The SMILES string of the molecule is CC(C)(c1nnc(C(F)F)s1)n1ncc2c(Cl)cc(S(N)(=O)=O)cc21. The summed E-state index contributed by atoms with van der Waals surface area (Å²) in [5.74, 6) is 0. The molecule has 0 saturated heterocycles. The Balaban J connectivity index is 2.21. The standard InChI is InChI=1S/C13H12ClF2N5O2S2/c1-13(2,12-20-19-11(24-12)10(15)16)21-9-4-6(25(17,22)23)3-8(14)7(9)5-18-21/h3-5,10H,1-2H3,(H2,17,22,23). The van der Waals surface area contributed by atoms with Gasteiger partial charge in [-0.05, 0) is 26.0 Å². The number of nitrogens with two attached hydrogens (primary N) is 1. The Hall–Kier alpha value is -1.69. The summed E-state index contributed by atoms with van der Waals surface area (Å²) in [6.07, 6.45) is -1.26. The number of aromatic nitrogens is 4. The summed E-state index contributed by atoms with van der Waals surface area (Å²) in [5, 5.41) is 17.3. The summed E-state index contributed by atoms with van der Waals surface area (Å²) < 4.78 is 50.3. The first-order chi connectivity index (χ1) is 11.5. The van der Waals surface area contributed by atoms with E-state index in [2.05, 4.69) is 15.3 Å². The lowest BCUT2D eigenvalue weighted by Gasteiger charge is -2.23. The molecule has 1 aromatic carbocycles. The Morgan fingerprint density at radius 1 is 1.32 bits per heavy atom. The van der Waals surface area contributed by atoms with Gasteiger partial charge in [0.15, 0.2) is 5.01 Å². The summed E-state index contributed by atoms with van der Waals surface area (Å²) in [6, 6.07) is 2.57. The second kappa shape index (κ2) is 5.94. The van der Waals surface area contributed by atoms with E-state index in [0.29, 0.717) is 15.9 Å². The third-order valence-electron chi connectivity index (χ3n) is 3.62. The van der Waals surface area contributed by atoms with E-state index in [9.17, 15) is 17.2 Å². The molecule has 0 atom stereocenters. The van der Waals surface area contributed by atoms with Crippen molar-refractivity contribution in [3.05, 3.63) is 33.4 Å². The van der Waals surface area contributed by atoms with E-state index in [4.69, 9.17) is 16.7 Å². The first-order valence-electron chi connectivity index (χ1n) is 6.84. The molecule has 2 heterocycles. The van der Waals surface area contributed by atoms with E-state index in [1.807, 2.05) is 0 Å². The first kappa shape index (κ1) is 18.1. The summed E-state index contributed by atoms with van der Waals surface area (Å²) in [7, 11) is -3.98. The van der Waals surface area contributed by atoms with Crippen LogP contribution in [0.15, 0.2) is 23.2 Å².